The maximum atomic E-state index is 13.4. The normalized spacial score (nSPS) is 29.4. The summed E-state index contributed by atoms with van der Waals surface area (Å²) in [6, 6.07) is 6.78. The topological polar surface area (TPSA) is 15.3 Å². The van der Waals surface area contributed by atoms with E-state index in [1.807, 2.05) is 0 Å². The Hall–Kier alpha value is -1.07. The Bertz CT molecular complexity index is 420. The Balaban J connectivity index is 1.85. The Labute approximate surface area is 110 Å². The highest BCUT2D eigenvalue weighted by atomic mass is 19.4. The molecule has 0 bridgehead atoms. The van der Waals surface area contributed by atoms with Gasteiger partial charge < -0.3 is 5.32 Å². The fourth-order valence-electron chi connectivity index (χ4n) is 3.34. The van der Waals surface area contributed by atoms with Crippen molar-refractivity contribution >= 4 is 0 Å². The fraction of sp³-hybridized carbons (Fsp3) is 0.571. The summed E-state index contributed by atoms with van der Waals surface area (Å²) in [5, 5.41) is 3.25. The lowest BCUT2D eigenvalue weighted by molar-refractivity contribution is -0.184. The van der Waals surface area contributed by atoms with Gasteiger partial charge in [-0.3, -0.25) is 4.90 Å². The Morgan fingerprint density at radius 2 is 1.63 bits per heavy atom. The molecule has 1 aromatic carbocycles. The molecule has 2 aliphatic heterocycles. The average Bonchev–Trinajstić information content (AvgIpc) is 2.89. The van der Waals surface area contributed by atoms with Crippen LogP contribution >= 0.6 is 0 Å². The number of benzene rings is 1. The molecule has 1 N–H and O–H groups in total. The van der Waals surface area contributed by atoms with Crippen molar-refractivity contribution in [3.8, 4) is 0 Å². The highest BCUT2D eigenvalue weighted by molar-refractivity contribution is 5.21. The number of fused-ring (bicyclic) bond motifs is 1. The molecule has 0 aromatic heterocycles. The second kappa shape index (κ2) is 4.80. The van der Waals surface area contributed by atoms with Gasteiger partial charge in [-0.25, -0.2) is 0 Å². The van der Waals surface area contributed by atoms with Gasteiger partial charge in [0.15, 0.2) is 0 Å². The highest BCUT2D eigenvalue weighted by Crippen LogP contribution is 2.41. The van der Waals surface area contributed by atoms with Crippen molar-refractivity contribution in [1.82, 2.24) is 10.2 Å². The molecule has 2 heterocycles. The predicted molar refractivity (Wildman–Crippen MR) is 66.7 cm³/mol. The van der Waals surface area contributed by atoms with E-state index in [4.69, 9.17) is 0 Å². The minimum absolute atomic E-state index is 0.350. The van der Waals surface area contributed by atoms with E-state index < -0.39 is 12.2 Å². The number of hydrogen-bond donors (Lipinski definition) is 1. The van der Waals surface area contributed by atoms with Crippen LogP contribution in [0.3, 0.4) is 0 Å². The van der Waals surface area contributed by atoms with E-state index >= 15 is 0 Å². The first-order valence-corrected chi connectivity index (χ1v) is 6.62. The van der Waals surface area contributed by atoms with Crippen molar-refractivity contribution in [3.63, 3.8) is 0 Å². The van der Waals surface area contributed by atoms with Crippen molar-refractivity contribution in [1.29, 1.82) is 0 Å². The molecule has 2 fully saturated rings. The van der Waals surface area contributed by atoms with Gasteiger partial charge in [-0.2, -0.15) is 13.2 Å². The zero-order valence-electron chi connectivity index (χ0n) is 10.5. The predicted octanol–water partition coefficient (Wildman–Crippen LogP) is 2.44. The van der Waals surface area contributed by atoms with Gasteiger partial charge >= 0.3 is 6.18 Å². The minimum Gasteiger partial charge on any atom is -0.316 e. The van der Waals surface area contributed by atoms with E-state index in [0.29, 0.717) is 30.5 Å². The van der Waals surface area contributed by atoms with E-state index in [0.717, 1.165) is 13.1 Å². The maximum Gasteiger partial charge on any atom is 0.408 e. The van der Waals surface area contributed by atoms with Crippen molar-refractivity contribution in [3.05, 3.63) is 35.9 Å². The van der Waals surface area contributed by atoms with Gasteiger partial charge in [0.1, 0.15) is 6.04 Å². The van der Waals surface area contributed by atoms with Gasteiger partial charge in [-0.1, -0.05) is 30.3 Å². The summed E-state index contributed by atoms with van der Waals surface area (Å²) in [6.45, 7) is 2.77. The van der Waals surface area contributed by atoms with Crippen LogP contribution in [0.5, 0.6) is 0 Å². The van der Waals surface area contributed by atoms with Crippen molar-refractivity contribution in [2.45, 2.75) is 12.2 Å². The highest BCUT2D eigenvalue weighted by Gasteiger charge is 2.49. The Morgan fingerprint density at radius 3 is 2.16 bits per heavy atom. The molecule has 0 spiro atoms. The number of alkyl halides is 3. The van der Waals surface area contributed by atoms with Crippen molar-refractivity contribution in [2.24, 2.45) is 11.8 Å². The number of rotatable bonds is 2. The van der Waals surface area contributed by atoms with E-state index in [-0.39, 0.29) is 0 Å². The van der Waals surface area contributed by atoms with Gasteiger partial charge in [0.05, 0.1) is 0 Å². The maximum absolute atomic E-state index is 13.4. The first-order valence-electron chi connectivity index (χ1n) is 6.62. The monoisotopic (exact) mass is 270 g/mol. The molecule has 0 amide bonds. The van der Waals surface area contributed by atoms with Crippen LogP contribution in [0.4, 0.5) is 13.2 Å². The second-order valence-corrected chi connectivity index (χ2v) is 5.49. The van der Waals surface area contributed by atoms with Gasteiger partial charge in [0, 0.05) is 13.1 Å². The third kappa shape index (κ3) is 2.49. The molecule has 0 saturated carbocycles. The molecule has 104 valence electrons. The van der Waals surface area contributed by atoms with Crippen LogP contribution in [-0.2, 0) is 0 Å². The summed E-state index contributed by atoms with van der Waals surface area (Å²) < 4.78 is 40.1. The number of likely N-dealkylation sites (tertiary alicyclic amines) is 1. The number of halogens is 3. The lowest BCUT2D eigenvalue weighted by Crippen LogP contribution is -2.38. The molecule has 2 saturated heterocycles. The molecule has 1 aromatic rings. The number of hydrogen-bond acceptors (Lipinski definition) is 2. The number of nitrogens with zero attached hydrogens (tertiary/aromatic N) is 1. The minimum atomic E-state index is -4.21. The third-order valence-electron chi connectivity index (χ3n) is 4.21. The summed E-state index contributed by atoms with van der Waals surface area (Å²) in [5.41, 5.74) is 0.350. The zero-order chi connectivity index (χ0) is 13.5. The molecule has 2 nitrogen and oxygen atoms in total. The molecule has 1 unspecified atom stereocenters. The summed E-state index contributed by atoms with van der Waals surface area (Å²) in [6.07, 6.45) is -4.21. The lowest BCUT2D eigenvalue weighted by Gasteiger charge is -2.30. The molecule has 2 aliphatic rings. The molecule has 5 heteroatoms. The largest absolute Gasteiger partial charge is 0.408 e. The van der Waals surface area contributed by atoms with Crippen LogP contribution in [0.25, 0.3) is 0 Å². The van der Waals surface area contributed by atoms with Crippen LogP contribution in [0.1, 0.15) is 11.6 Å². The van der Waals surface area contributed by atoms with E-state index in [2.05, 4.69) is 5.32 Å². The molecule has 19 heavy (non-hydrogen) atoms. The van der Waals surface area contributed by atoms with Crippen LogP contribution in [0.15, 0.2) is 30.3 Å². The lowest BCUT2D eigenvalue weighted by atomic mass is 10.0. The molecule has 3 rings (SSSR count). The van der Waals surface area contributed by atoms with Gasteiger partial charge in [-0.15, -0.1) is 0 Å². The van der Waals surface area contributed by atoms with Crippen LogP contribution in [0.2, 0.25) is 0 Å². The second-order valence-electron chi connectivity index (χ2n) is 5.49. The zero-order valence-corrected chi connectivity index (χ0v) is 10.5. The molecule has 3 atom stereocenters. The SMILES string of the molecule is FC(F)(F)C(c1ccccc1)N1C[C@H]2CNC[C@H]2C1. The molecule has 0 aliphatic carbocycles. The van der Waals surface area contributed by atoms with Gasteiger partial charge in [0.2, 0.25) is 0 Å². The Kier molecular flexibility index (Phi) is 3.27. The molecular weight excluding hydrogens is 253 g/mol. The summed E-state index contributed by atoms with van der Waals surface area (Å²) >= 11 is 0. The van der Waals surface area contributed by atoms with Crippen LogP contribution in [0, 0.1) is 11.8 Å². The van der Waals surface area contributed by atoms with Crippen molar-refractivity contribution in [2.75, 3.05) is 26.2 Å². The van der Waals surface area contributed by atoms with Gasteiger partial charge in [-0.05, 0) is 30.5 Å². The quantitative estimate of drug-likeness (QED) is 0.888. The van der Waals surface area contributed by atoms with Crippen LogP contribution < -0.4 is 5.32 Å². The van der Waals surface area contributed by atoms with Crippen LogP contribution in [-0.4, -0.2) is 37.3 Å². The summed E-state index contributed by atoms with van der Waals surface area (Å²) in [5.74, 6) is 0.738. The van der Waals surface area contributed by atoms with E-state index in [1.165, 1.54) is 0 Å². The van der Waals surface area contributed by atoms with Crippen molar-refractivity contribution < 1.29 is 13.2 Å². The molecule has 0 radical (unpaired) electrons. The van der Waals surface area contributed by atoms with Gasteiger partial charge in [0.25, 0.3) is 0 Å². The van der Waals surface area contributed by atoms with E-state index in [9.17, 15) is 13.2 Å². The first-order chi connectivity index (χ1) is 9.05. The first kappa shape index (κ1) is 12.9. The third-order valence-corrected chi connectivity index (χ3v) is 4.21. The Morgan fingerprint density at radius 1 is 1.05 bits per heavy atom. The van der Waals surface area contributed by atoms with E-state index in [1.54, 1.807) is 35.2 Å². The number of nitrogens with one attached hydrogen (secondary N) is 1. The summed E-state index contributed by atoms with van der Waals surface area (Å²) in [4.78, 5) is 1.60. The fourth-order valence-corrected chi connectivity index (χ4v) is 3.34. The smallest absolute Gasteiger partial charge is 0.316 e. The standard InChI is InChI=1S/C14H17F3N2/c15-14(16,17)13(10-4-2-1-3-5-10)19-8-11-6-18-7-12(11)9-19/h1-5,11-13,18H,6-9H2/t11-,12+,13?. The summed E-state index contributed by atoms with van der Waals surface area (Å²) in [7, 11) is 0. The average molecular weight is 270 g/mol. The molecular formula is C14H17F3N2.